The molecule has 1 aromatic rings. The van der Waals surface area contributed by atoms with Crippen molar-refractivity contribution in [1.82, 2.24) is 5.32 Å². The van der Waals surface area contributed by atoms with E-state index in [4.69, 9.17) is 0 Å². The number of nitrogens with zero attached hydrogens (tertiary/aromatic N) is 1. The average molecular weight is 368 g/mol. The molecule has 2 N–H and O–H groups in total. The Morgan fingerprint density at radius 1 is 1.12 bits per heavy atom. The van der Waals surface area contributed by atoms with Crippen molar-refractivity contribution >= 4 is 27.3 Å². The van der Waals surface area contributed by atoms with Crippen LogP contribution in [-0.4, -0.2) is 39.7 Å². The van der Waals surface area contributed by atoms with Crippen LogP contribution in [0.2, 0.25) is 0 Å². The van der Waals surface area contributed by atoms with Gasteiger partial charge in [0.15, 0.2) is 0 Å². The fourth-order valence-corrected chi connectivity index (χ4v) is 3.85. The van der Waals surface area contributed by atoms with Gasteiger partial charge >= 0.3 is 0 Å². The van der Waals surface area contributed by atoms with Crippen LogP contribution in [0.15, 0.2) is 24.3 Å². The van der Waals surface area contributed by atoms with Crippen LogP contribution in [-0.2, 0) is 14.8 Å². The molecule has 0 saturated carbocycles. The Bertz CT molecular complexity index is 651. The van der Waals surface area contributed by atoms with Crippen molar-refractivity contribution in [2.75, 3.05) is 35.0 Å². The number of benzene rings is 1. The minimum Gasteiger partial charge on any atom is -0.372 e. The van der Waals surface area contributed by atoms with Gasteiger partial charge in [0.05, 0.1) is 0 Å². The van der Waals surface area contributed by atoms with Gasteiger partial charge in [-0.05, 0) is 55.9 Å². The van der Waals surface area contributed by atoms with Gasteiger partial charge in [-0.3, -0.25) is 9.52 Å². The van der Waals surface area contributed by atoms with Crippen molar-refractivity contribution in [3.63, 3.8) is 0 Å². The minimum atomic E-state index is -3.70. The second-order valence-electron chi connectivity index (χ2n) is 6.99. The lowest BCUT2D eigenvalue weighted by Crippen LogP contribution is -2.33. The van der Waals surface area contributed by atoms with Crippen molar-refractivity contribution in [3.8, 4) is 0 Å². The summed E-state index contributed by atoms with van der Waals surface area (Å²) >= 11 is 0. The summed E-state index contributed by atoms with van der Waals surface area (Å²) in [6, 6.07) is 7.34. The number of rotatable bonds is 8. The number of nitrogens with one attached hydrogen (secondary N) is 2. The van der Waals surface area contributed by atoms with E-state index in [1.165, 1.54) is 19.3 Å². The molecule has 1 aliphatic rings. The van der Waals surface area contributed by atoms with Gasteiger partial charge in [0, 0.05) is 31.0 Å². The monoisotopic (exact) mass is 367 g/mol. The average Bonchev–Trinajstić information content (AvgIpc) is 2.55. The number of anilines is 2. The van der Waals surface area contributed by atoms with Crippen molar-refractivity contribution in [1.29, 1.82) is 0 Å². The summed E-state index contributed by atoms with van der Waals surface area (Å²) in [6.45, 7) is 6.69. The smallest absolute Gasteiger partial charge is 0.241 e. The molecule has 1 aliphatic heterocycles. The lowest BCUT2D eigenvalue weighted by molar-refractivity contribution is -0.118. The molecule has 0 aliphatic carbocycles. The molecule has 1 aromatic carbocycles. The summed E-state index contributed by atoms with van der Waals surface area (Å²) < 4.78 is 26.7. The fraction of sp³-hybridized carbons (Fsp3) is 0.611. The van der Waals surface area contributed by atoms with Gasteiger partial charge in [-0.15, -0.1) is 0 Å². The predicted octanol–water partition coefficient (Wildman–Crippen LogP) is 2.58. The van der Waals surface area contributed by atoms with E-state index in [1.54, 1.807) is 12.1 Å². The first-order chi connectivity index (χ1) is 11.9. The molecule has 2 rings (SSSR count). The molecule has 140 valence electrons. The van der Waals surface area contributed by atoms with Gasteiger partial charge in [-0.25, -0.2) is 8.42 Å². The van der Waals surface area contributed by atoms with Crippen LogP contribution >= 0.6 is 0 Å². The zero-order valence-electron chi connectivity index (χ0n) is 15.1. The molecule has 0 atom stereocenters. The fourth-order valence-electron chi connectivity index (χ4n) is 2.83. The number of sulfonamides is 1. The van der Waals surface area contributed by atoms with E-state index in [1.807, 2.05) is 12.1 Å². The summed E-state index contributed by atoms with van der Waals surface area (Å²) in [4.78, 5) is 14.1. The SMILES string of the molecule is CC(C)CCNC(=O)CS(=O)(=O)Nc1ccc(N2CCCCC2)cc1. The van der Waals surface area contributed by atoms with Crippen molar-refractivity contribution in [2.24, 2.45) is 5.92 Å². The number of hydrogen-bond acceptors (Lipinski definition) is 4. The van der Waals surface area contributed by atoms with E-state index >= 15 is 0 Å². The molecule has 1 fully saturated rings. The summed E-state index contributed by atoms with van der Waals surface area (Å²) in [6.07, 6.45) is 4.49. The lowest BCUT2D eigenvalue weighted by Gasteiger charge is -2.28. The molecule has 0 aromatic heterocycles. The predicted molar refractivity (Wildman–Crippen MR) is 102 cm³/mol. The maximum absolute atomic E-state index is 12.1. The zero-order valence-corrected chi connectivity index (χ0v) is 15.9. The Morgan fingerprint density at radius 3 is 2.36 bits per heavy atom. The second-order valence-corrected chi connectivity index (χ2v) is 8.71. The van der Waals surface area contributed by atoms with Crippen LogP contribution in [0, 0.1) is 5.92 Å². The number of hydrogen-bond donors (Lipinski definition) is 2. The third-order valence-electron chi connectivity index (χ3n) is 4.23. The lowest BCUT2D eigenvalue weighted by atomic mass is 10.1. The molecule has 1 amide bonds. The van der Waals surface area contributed by atoms with Crippen molar-refractivity contribution in [3.05, 3.63) is 24.3 Å². The van der Waals surface area contributed by atoms with E-state index in [9.17, 15) is 13.2 Å². The molecular weight excluding hydrogens is 338 g/mol. The first-order valence-corrected chi connectivity index (χ1v) is 10.6. The highest BCUT2D eigenvalue weighted by atomic mass is 32.2. The Kier molecular flexibility index (Phi) is 7.11. The van der Waals surface area contributed by atoms with E-state index in [0.717, 1.165) is 25.2 Å². The topological polar surface area (TPSA) is 78.5 Å². The Labute approximate surface area is 151 Å². The van der Waals surface area contributed by atoms with Crippen LogP contribution in [0.25, 0.3) is 0 Å². The van der Waals surface area contributed by atoms with Gasteiger partial charge < -0.3 is 10.2 Å². The standard InChI is InChI=1S/C18H29N3O3S/c1-15(2)10-11-19-18(22)14-25(23,24)20-16-6-8-17(9-7-16)21-12-4-3-5-13-21/h6-9,15,20H,3-5,10-14H2,1-2H3,(H,19,22). The third-order valence-corrected chi connectivity index (χ3v) is 5.42. The first-order valence-electron chi connectivity index (χ1n) is 8.98. The van der Waals surface area contributed by atoms with Gasteiger partial charge in [0.2, 0.25) is 15.9 Å². The van der Waals surface area contributed by atoms with Crippen LogP contribution in [0.5, 0.6) is 0 Å². The van der Waals surface area contributed by atoms with Crippen LogP contribution < -0.4 is 14.9 Å². The molecule has 1 saturated heterocycles. The first kappa shape index (κ1) is 19.6. The summed E-state index contributed by atoms with van der Waals surface area (Å²) in [5, 5.41) is 2.64. The summed E-state index contributed by atoms with van der Waals surface area (Å²) in [5.41, 5.74) is 1.59. The highest BCUT2D eigenvalue weighted by molar-refractivity contribution is 7.93. The van der Waals surface area contributed by atoms with Crippen LogP contribution in [0.1, 0.15) is 39.5 Å². The van der Waals surface area contributed by atoms with Crippen molar-refractivity contribution in [2.45, 2.75) is 39.5 Å². The normalized spacial score (nSPS) is 15.2. The van der Waals surface area contributed by atoms with E-state index in [0.29, 0.717) is 18.2 Å². The number of carbonyl (C=O) groups excluding carboxylic acids is 1. The number of carbonyl (C=O) groups is 1. The minimum absolute atomic E-state index is 0.466. The molecule has 0 bridgehead atoms. The van der Waals surface area contributed by atoms with Crippen molar-refractivity contribution < 1.29 is 13.2 Å². The van der Waals surface area contributed by atoms with Gasteiger partial charge in [-0.1, -0.05) is 13.8 Å². The van der Waals surface area contributed by atoms with Gasteiger partial charge in [-0.2, -0.15) is 0 Å². The molecule has 0 spiro atoms. The summed E-state index contributed by atoms with van der Waals surface area (Å²) in [5.74, 6) is -0.564. The van der Waals surface area contributed by atoms with E-state index in [-0.39, 0.29) is 0 Å². The van der Waals surface area contributed by atoms with E-state index in [2.05, 4.69) is 28.8 Å². The molecule has 0 radical (unpaired) electrons. The van der Waals surface area contributed by atoms with Crippen LogP contribution in [0.4, 0.5) is 11.4 Å². The molecule has 0 unspecified atom stereocenters. The Hall–Kier alpha value is -1.76. The highest BCUT2D eigenvalue weighted by Gasteiger charge is 2.17. The van der Waals surface area contributed by atoms with E-state index < -0.39 is 21.7 Å². The summed E-state index contributed by atoms with van der Waals surface area (Å²) in [7, 11) is -3.70. The molecular formula is C18H29N3O3S. The largest absolute Gasteiger partial charge is 0.372 e. The molecule has 25 heavy (non-hydrogen) atoms. The maximum atomic E-state index is 12.1. The quantitative estimate of drug-likeness (QED) is 0.740. The number of piperidine rings is 1. The van der Waals surface area contributed by atoms with Gasteiger partial charge in [0.25, 0.3) is 0 Å². The second kappa shape index (κ2) is 9.08. The molecule has 1 heterocycles. The number of amides is 1. The van der Waals surface area contributed by atoms with Crippen LogP contribution in [0.3, 0.4) is 0 Å². The highest BCUT2D eigenvalue weighted by Crippen LogP contribution is 2.22. The third kappa shape index (κ3) is 6.94. The Balaban J connectivity index is 1.86. The molecule has 7 heteroatoms. The zero-order chi connectivity index (χ0) is 18.3. The molecule has 6 nitrogen and oxygen atoms in total. The maximum Gasteiger partial charge on any atom is 0.241 e. The van der Waals surface area contributed by atoms with Gasteiger partial charge in [0.1, 0.15) is 5.75 Å². The Morgan fingerprint density at radius 2 is 1.76 bits per heavy atom.